The zero-order valence-electron chi connectivity index (χ0n) is 11.9. The smallest absolute Gasteiger partial charge is 0.328 e. The minimum Gasteiger partial charge on any atom is -0.481 e. The molecule has 1 rings (SSSR count). The number of carboxylic acids is 1. The number of esters is 1. The van der Waals surface area contributed by atoms with Crippen LogP contribution < -0.4 is 11.1 Å². The molecule has 2 unspecified atom stereocenters. The number of rotatable bonds is 7. The van der Waals surface area contributed by atoms with Gasteiger partial charge in [-0.2, -0.15) is 0 Å². The molecule has 1 aromatic carbocycles. The molecule has 2 atom stereocenters. The van der Waals surface area contributed by atoms with Gasteiger partial charge in [0.25, 0.3) is 0 Å². The van der Waals surface area contributed by atoms with E-state index in [-0.39, 0.29) is 28.8 Å². The number of nitrogens with two attached hydrogens (primary N) is 1. The number of methoxy groups -OCH3 is 1. The van der Waals surface area contributed by atoms with E-state index in [0.29, 0.717) is 0 Å². The van der Waals surface area contributed by atoms with Gasteiger partial charge in [-0.3, -0.25) is 9.59 Å². The van der Waals surface area contributed by atoms with Crippen LogP contribution in [0.4, 0.5) is 0 Å². The number of amides is 1. The van der Waals surface area contributed by atoms with Crippen LogP contribution in [0.5, 0.6) is 0 Å². The van der Waals surface area contributed by atoms with Crippen molar-refractivity contribution >= 4 is 17.8 Å². The zero-order chi connectivity index (χ0) is 15.8. The molecule has 1 aromatic rings. The number of benzene rings is 1. The number of carboxylic acid groups (broad SMARTS) is 1. The van der Waals surface area contributed by atoms with Crippen molar-refractivity contribution in [1.82, 2.24) is 5.32 Å². The molecule has 0 aliphatic heterocycles. The second kappa shape index (κ2) is 10.1. The molecule has 0 saturated heterocycles. The fourth-order valence-electron chi connectivity index (χ4n) is 1.74. The summed E-state index contributed by atoms with van der Waals surface area (Å²) in [6, 6.07) is 6.93. The van der Waals surface area contributed by atoms with Crippen molar-refractivity contribution in [3.8, 4) is 0 Å². The predicted molar refractivity (Wildman–Crippen MR) is 74.3 cm³/mol. The maximum absolute atomic E-state index is 11.8. The Morgan fingerprint density at radius 3 is 2.36 bits per heavy atom. The summed E-state index contributed by atoms with van der Waals surface area (Å²) in [5, 5.41) is 11.0. The first-order chi connectivity index (χ1) is 9.93. The van der Waals surface area contributed by atoms with Gasteiger partial charge in [-0.1, -0.05) is 30.3 Å². The quantitative estimate of drug-likeness (QED) is 0.425. The van der Waals surface area contributed by atoms with Gasteiger partial charge in [0.05, 0.1) is 19.6 Å². The molecule has 8 heteroatoms. The average Bonchev–Trinajstić information content (AvgIpc) is 2.46. The Hall–Kier alpha value is -1.67. The van der Waals surface area contributed by atoms with Crippen molar-refractivity contribution in [2.75, 3.05) is 7.11 Å². The Morgan fingerprint density at radius 2 is 1.86 bits per heavy atom. The SMILES string of the molecule is COC(=O)C(Cc1ccccc1)NC(=O)C(N)CC(=O)O.[Ag]. The van der Waals surface area contributed by atoms with Gasteiger partial charge in [0.15, 0.2) is 0 Å². The monoisotopic (exact) mass is 401 g/mol. The van der Waals surface area contributed by atoms with Crippen molar-refractivity contribution in [3.63, 3.8) is 0 Å². The third kappa shape index (κ3) is 6.86. The molecule has 125 valence electrons. The van der Waals surface area contributed by atoms with Gasteiger partial charge < -0.3 is 20.9 Å². The minimum atomic E-state index is -1.22. The molecule has 1 radical (unpaired) electrons. The van der Waals surface area contributed by atoms with Crippen LogP contribution in [-0.2, 0) is 47.9 Å². The topological polar surface area (TPSA) is 119 Å². The fraction of sp³-hybridized carbons (Fsp3) is 0.357. The third-order valence-electron chi connectivity index (χ3n) is 2.82. The molecule has 0 aliphatic carbocycles. The van der Waals surface area contributed by atoms with Crippen LogP contribution in [0.25, 0.3) is 0 Å². The summed E-state index contributed by atoms with van der Waals surface area (Å²) in [5.74, 6) is -2.51. The Bertz CT molecular complexity index is 509. The first-order valence-electron chi connectivity index (χ1n) is 6.33. The molecule has 0 aromatic heterocycles. The van der Waals surface area contributed by atoms with E-state index in [1.807, 2.05) is 18.2 Å². The van der Waals surface area contributed by atoms with Gasteiger partial charge in [0.2, 0.25) is 5.91 Å². The molecular weight excluding hydrogens is 384 g/mol. The predicted octanol–water partition coefficient (Wildman–Crippen LogP) is -0.314. The fourth-order valence-corrected chi connectivity index (χ4v) is 1.74. The summed E-state index contributed by atoms with van der Waals surface area (Å²) in [6.07, 6.45) is -0.274. The van der Waals surface area contributed by atoms with Crippen LogP contribution in [0.2, 0.25) is 0 Å². The normalized spacial score (nSPS) is 12.5. The van der Waals surface area contributed by atoms with E-state index < -0.39 is 36.4 Å². The van der Waals surface area contributed by atoms with E-state index in [4.69, 9.17) is 10.8 Å². The van der Waals surface area contributed by atoms with Gasteiger partial charge in [0, 0.05) is 28.8 Å². The number of carbonyl (C=O) groups excluding carboxylic acids is 2. The van der Waals surface area contributed by atoms with Crippen LogP contribution in [0.1, 0.15) is 12.0 Å². The van der Waals surface area contributed by atoms with Crippen molar-refractivity contribution in [3.05, 3.63) is 35.9 Å². The molecule has 22 heavy (non-hydrogen) atoms. The Labute approximate surface area is 143 Å². The van der Waals surface area contributed by atoms with E-state index in [1.54, 1.807) is 12.1 Å². The van der Waals surface area contributed by atoms with Gasteiger partial charge in [0.1, 0.15) is 6.04 Å². The number of ether oxygens (including phenoxy) is 1. The van der Waals surface area contributed by atoms with Gasteiger partial charge >= 0.3 is 11.9 Å². The molecular formula is C14H18AgN2O5. The van der Waals surface area contributed by atoms with Crippen molar-refractivity contribution < 1.29 is 46.6 Å². The maximum Gasteiger partial charge on any atom is 0.328 e. The van der Waals surface area contributed by atoms with Crippen LogP contribution in [-0.4, -0.2) is 42.1 Å². The van der Waals surface area contributed by atoms with Gasteiger partial charge in [-0.05, 0) is 5.56 Å². The molecule has 7 nitrogen and oxygen atoms in total. The van der Waals surface area contributed by atoms with E-state index in [9.17, 15) is 14.4 Å². The molecule has 0 aliphatic rings. The molecule has 0 fully saturated rings. The Kier molecular flexibility index (Phi) is 9.35. The van der Waals surface area contributed by atoms with E-state index in [2.05, 4.69) is 10.1 Å². The van der Waals surface area contributed by atoms with Gasteiger partial charge in [-0.25, -0.2) is 4.79 Å². The number of nitrogens with one attached hydrogen (secondary N) is 1. The number of hydrogen-bond acceptors (Lipinski definition) is 5. The molecule has 0 saturated carbocycles. The average molecular weight is 402 g/mol. The zero-order valence-corrected chi connectivity index (χ0v) is 13.4. The summed E-state index contributed by atoms with van der Waals surface area (Å²) in [4.78, 5) is 34.0. The van der Waals surface area contributed by atoms with Crippen molar-refractivity contribution in [2.24, 2.45) is 5.73 Å². The molecule has 0 heterocycles. The van der Waals surface area contributed by atoms with Gasteiger partial charge in [-0.15, -0.1) is 0 Å². The summed E-state index contributed by atoms with van der Waals surface area (Å²) in [7, 11) is 1.21. The first kappa shape index (κ1) is 20.3. The molecule has 0 spiro atoms. The number of carbonyl (C=O) groups is 3. The second-order valence-electron chi connectivity index (χ2n) is 4.48. The van der Waals surface area contributed by atoms with Crippen LogP contribution in [0, 0.1) is 0 Å². The number of aliphatic carboxylic acids is 1. The summed E-state index contributed by atoms with van der Waals surface area (Å²) in [5.41, 5.74) is 6.29. The summed E-state index contributed by atoms with van der Waals surface area (Å²) < 4.78 is 4.64. The Morgan fingerprint density at radius 1 is 1.27 bits per heavy atom. The molecule has 1 amide bonds. The molecule has 0 bridgehead atoms. The van der Waals surface area contributed by atoms with Crippen LogP contribution in [0.15, 0.2) is 30.3 Å². The second-order valence-corrected chi connectivity index (χ2v) is 4.48. The van der Waals surface area contributed by atoms with E-state index in [0.717, 1.165) is 5.56 Å². The Balaban J connectivity index is 0.00000441. The maximum atomic E-state index is 11.8. The summed E-state index contributed by atoms with van der Waals surface area (Å²) >= 11 is 0. The van der Waals surface area contributed by atoms with E-state index in [1.165, 1.54) is 7.11 Å². The van der Waals surface area contributed by atoms with Crippen molar-refractivity contribution in [2.45, 2.75) is 24.9 Å². The van der Waals surface area contributed by atoms with Crippen LogP contribution >= 0.6 is 0 Å². The standard InChI is InChI=1S/C14H18N2O5.Ag/c1-21-14(20)11(7-9-5-3-2-4-6-9)16-13(19)10(15)8-12(17)18;/h2-6,10-11H,7-8,15H2,1H3,(H,16,19)(H,17,18);. The van der Waals surface area contributed by atoms with E-state index >= 15 is 0 Å². The third-order valence-corrected chi connectivity index (χ3v) is 2.82. The number of hydrogen-bond donors (Lipinski definition) is 3. The molecule has 4 N–H and O–H groups in total. The van der Waals surface area contributed by atoms with Crippen molar-refractivity contribution in [1.29, 1.82) is 0 Å². The summed E-state index contributed by atoms with van der Waals surface area (Å²) in [6.45, 7) is 0. The largest absolute Gasteiger partial charge is 0.481 e. The first-order valence-corrected chi connectivity index (χ1v) is 6.33. The van der Waals surface area contributed by atoms with Crippen LogP contribution in [0.3, 0.4) is 0 Å². The minimum absolute atomic E-state index is 0.